The minimum Gasteiger partial charge on any atom is -0.335 e. The molecule has 1 aromatic heterocycles. The van der Waals surface area contributed by atoms with Gasteiger partial charge < -0.3 is 10.2 Å². The molecule has 6 heteroatoms. The number of aromatic nitrogens is 1. The van der Waals surface area contributed by atoms with Gasteiger partial charge in [0, 0.05) is 29.7 Å². The molecule has 2 amide bonds. The van der Waals surface area contributed by atoms with Gasteiger partial charge in [-0.15, -0.1) is 0 Å². The largest absolute Gasteiger partial charge is 0.335 e. The van der Waals surface area contributed by atoms with Crippen LogP contribution in [-0.4, -0.2) is 28.2 Å². The number of fused-ring (bicyclic) bond motifs is 2. The molecule has 2 aliphatic rings. The number of carbonyl (C=O) groups excluding carboxylic acids is 2. The zero-order valence-electron chi connectivity index (χ0n) is 13.8. The van der Waals surface area contributed by atoms with Crippen molar-refractivity contribution < 1.29 is 9.59 Å². The Kier molecular flexibility index (Phi) is 3.96. The first-order valence-corrected chi connectivity index (χ1v) is 8.76. The molecule has 25 heavy (non-hydrogen) atoms. The molecule has 0 bridgehead atoms. The molecule has 0 saturated carbocycles. The summed E-state index contributed by atoms with van der Waals surface area (Å²) in [5.74, 6) is -0.165. The maximum absolute atomic E-state index is 13.2. The van der Waals surface area contributed by atoms with Crippen LogP contribution in [0.25, 0.3) is 0 Å². The van der Waals surface area contributed by atoms with Gasteiger partial charge in [-0.3, -0.25) is 9.59 Å². The van der Waals surface area contributed by atoms with Crippen LogP contribution in [0.2, 0.25) is 5.02 Å². The highest BCUT2D eigenvalue weighted by atomic mass is 35.5. The third-order valence-corrected chi connectivity index (χ3v) is 5.32. The topological polar surface area (TPSA) is 62.3 Å². The highest BCUT2D eigenvalue weighted by Crippen LogP contribution is 2.37. The van der Waals surface area contributed by atoms with E-state index in [2.05, 4.69) is 10.3 Å². The van der Waals surface area contributed by atoms with E-state index in [4.69, 9.17) is 11.6 Å². The van der Waals surface area contributed by atoms with Crippen molar-refractivity contribution in [1.82, 2.24) is 9.88 Å². The van der Waals surface area contributed by atoms with Gasteiger partial charge >= 0.3 is 0 Å². The van der Waals surface area contributed by atoms with Crippen LogP contribution in [0.3, 0.4) is 0 Å². The van der Waals surface area contributed by atoms with E-state index in [0.29, 0.717) is 12.4 Å². The van der Waals surface area contributed by atoms with Crippen LogP contribution in [0.15, 0.2) is 36.5 Å². The lowest BCUT2D eigenvalue weighted by atomic mass is 9.88. The second kappa shape index (κ2) is 6.15. The molecule has 2 atom stereocenters. The molecular formula is C19H18ClN3O2. The fraction of sp³-hybridized carbons (Fsp3) is 0.316. The van der Waals surface area contributed by atoms with Gasteiger partial charge in [-0.1, -0.05) is 23.7 Å². The summed E-state index contributed by atoms with van der Waals surface area (Å²) >= 11 is 6.09. The Hall–Kier alpha value is -2.40. The lowest BCUT2D eigenvalue weighted by Gasteiger charge is -2.38. The summed E-state index contributed by atoms with van der Waals surface area (Å²) in [6.45, 7) is 2.65. The molecule has 128 valence electrons. The summed E-state index contributed by atoms with van der Waals surface area (Å²) in [5.41, 5.74) is 3.10. The van der Waals surface area contributed by atoms with Crippen LogP contribution in [0, 0.1) is 0 Å². The quantitative estimate of drug-likeness (QED) is 0.853. The molecule has 1 aromatic carbocycles. The zero-order valence-corrected chi connectivity index (χ0v) is 14.6. The predicted molar refractivity (Wildman–Crippen MR) is 95.5 cm³/mol. The minimum atomic E-state index is -0.478. The van der Waals surface area contributed by atoms with Gasteiger partial charge in [-0.05, 0) is 42.7 Å². The Morgan fingerprint density at radius 1 is 1.32 bits per heavy atom. The third-order valence-electron chi connectivity index (χ3n) is 5.09. The number of hydrogen-bond donors (Lipinski definition) is 1. The van der Waals surface area contributed by atoms with Crippen LogP contribution in [0.1, 0.15) is 42.0 Å². The van der Waals surface area contributed by atoms with Gasteiger partial charge in [0.2, 0.25) is 11.8 Å². The number of halogens is 1. The molecule has 2 aromatic rings. The van der Waals surface area contributed by atoms with Crippen molar-refractivity contribution in [2.75, 3.05) is 11.9 Å². The third kappa shape index (κ3) is 2.78. The Morgan fingerprint density at radius 3 is 3.00 bits per heavy atom. The minimum absolute atomic E-state index is 0.0165. The Morgan fingerprint density at radius 2 is 2.16 bits per heavy atom. The second-order valence-corrected chi connectivity index (χ2v) is 6.98. The molecule has 1 N–H and O–H groups in total. The fourth-order valence-corrected chi connectivity index (χ4v) is 4.00. The Bertz CT molecular complexity index is 867. The second-order valence-electron chi connectivity index (χ2n) is 6.55. The summed E-state index contributed by atoms with van der Waals surface area (Å²) in [6.07, 6.45) is 2.55. The Balaban J connectivity index is 1.66. The summed E-state index contributed by atoms with van der Waals surface area (Å²) in [4.78, 5) is 31.3. The number of pyridine rings is 1. The van der Waals surface area contributed by atoms with E-state index in [-0.39, 0.29) is 24.3 Å². The van der Waals surface area contributed by atoms with Gasteiger partial charge in [0.05, 0.1) is 12.0 Å². The number of hydrogen-bond acceptors (Lipinski definition) is 3. The van der Waals surface area contributed by atoms with Crippen molar-refractivity contribution in [3.8, 4) is 0 Å². The van der Waals surface area contributed by atoms with Crippen LogP contribution in [0.5, 0.6) is 0 Å². The number of nitrogens with one attached hydrogen (secondary N) is 1. The normalized spacial score (nSPS) is 22.0. The molecule has 3 heterocycles. The number of benzene rings is 1. The van der Waals surface area contributed by atoms with Gasteiger partial charge in [-0.25, -0.2) is 4.98 Å². The SMILES string of the molecule is CC1c2ccc(Cl)cc2CCN1C(=O)C1CC(=O)Nc2ncccc21. The Labute approximate surface area is 151 Å². The average Bonchev–Trinajstić information content (AvgIpc) is 2.60. The van der Waals surface area contributed by atoms with Crippen LogP contribution >= 0.6 is 11.6 Å². The van der Waals surface area contributed by atoms with Crippen molar-refractivity contribution in [3.63, 3.8) is 0 Å². The number of amides is 2. The first kappa shape index (κ1) is 16.1. The van der Waals surface area contributed by atoms with Crippen LogP contribution in [-0.2, 0) is 16.0 Å². The molecule has 0 radical (unpaired) electrons. The van der Waals surface area contributed by atoms with E-state index in [1.165, 1.54) is 5.56 Å². The number of anilines is 1. The predicted octanol–water partition coefficient (Wildman–Crippen LogP) is 3.31. The summed E-state index contributed by atoms with van der Waals surface area (Å²) < 4.78 is 0. The molecule has 0 aliphatic carbocycles. The molecule has 0 spiro atoms. The van der Waals surface area contributed by atoms with E-state index in [0.717, 1.165) is 22.6 Å². The fourth-order valence-electron chi connectivity index (χ4n) is 3.80. The summed E-state index contributed by atoms with van der Waals surface area (Å²) in [6, 6.07) is 9.45. The van der Waals surface area contributed by atoms with Crippen molar-refractivity contribution in [2.45, 2.75) is 31.7 Å². The summed E-state index contributed by atoms with van der Waals surface area (Å²) in [7, 11) is 0. The van der Waals surface area contributed by atoms with Gasteiger partial charge in [0.25, 0.3) is 0 Å². The number of carbonyl (C=O) groups is 2. The van der Waals surface area contributed by atoms with Crippen LogP contribution < -0.4 is 5.32 Å². The van der Waals surface area contributed by atoms with Crippen molar-refractivity contribution in [2.24, 2.45) is 0 Å². The van der Waals surface area contributed by atoms with E-state index in [9.17, 15) is 9.59 Å². The molecule has 4 rings (SSSR count). The molecular weight excluding hydrogens is 338 g/mol. The number of nitrogens with zero attached hydrogens (tertiary/aromatic N) is 2. The van der Waals surface area contributed by atoms with Crippen molar-refractivity contribution in [1.29, 1.82) is 0 Å². The average molecular weight is 356 g/mol. The maximum Gasteiger partial charge on any atom is 0.231 e. The smallest absolute Gasteiger partial charge is 0.231 e. The highest BCUT2D eigenvalue weighted by molar-refractivity contribution is 6.30. The van der Waals surface area contributed by atoms with Gasteiger partial charge in [0.15, 0.2) is 0 Å². The monoisotopic (exact) mass is 355 g/mol. The maximum atomic E-state index is 13.2. The first-order chi connectivity index (χ1) is 12.0. The van der Waals surface area contributed by atoms with Gasteiger partial charge in [-0.2, -0.15) is 0 Å². The molecule has 0 saturated heterocycles. The molecule has 2 aliphatic heterocycles. The van der Waals surface area contributed by atoms with E-state index < -0.39 is 5.92 Å². The van der Waals surface area contributed by atoms with Crippen LogP contribution in [0.4, 0.5) is 5.82 Å². The summed E-state index contributed by atoms with van der Waals surface area (Å²) in [5, 5.41) is 3.46. The van der Waals surface area contributed by atoms with E-state index >= 15 is 0 Å². The van der Waals surface area contributed by atoms with E-state index in [1.807, 2.05) is 36.1 Å². The lowest BCUT2D eigenvalue weighted by molar-refractivity contribution is -0.137. The first-order valence-electron chi connectivity index (χ1n) is 8.38. The standard InChI is InChI=1S/C19H18ClN3O2/c1-11-14-5-4-13(20)9-12(14)6-8-23(11)19(25)16-10-17(24)22-18-15(16)3-2-7-21-18/h2-5,7,9,11,16H,6,8,10H2,1H3,(H,21,22,24). The van der Waals surface area contributed by atoms with Crippen molar-refractivity contribution in [3.05, 3.63) is 58.2 Å². The number of rotatable bonds is 1. The molecule has 5 nitrogen and oxygen atoms in total. The zero-order chi connectivity index (χ0) is 17.6. The molecule has 0 fully saturated rings. The highest BCUT2D eigenvalue weighted by Gasteiger charge is 2.37. The molecule has 2 unspecified atom stereocenters. The van der Waals surface area contributed by atoms with E-state index in [1.54, 1.807) is 12.3 Å². The van der Waals surface area contributed by atoms with Crippen molar-refractivity contribution >= 4 is 29.2 Å². The van der Waals surface area contributed by atoms with Gasteiger partial charge in [0.1, 0.15) is 5.82 Å². The lowest BCUT2D eigenvalue weighted by Crippen LogP contribution is -2.43.